The molecule has 1 aliphatic carbocycles. The minimum absolute atomic E-state index is 0.148. The van der Waals surface area contributed by atoms with Crippen LogP contribution in [0.5, 0.6) is 0 Å². The fraction of sp³-hybridized carbons (Fsp3) is 0.269. The van der Waals surface area contributed by atoms with Crippen molar-refractivity contribution in [1.82, 2.24) is 19.9 Å². The number of anilines is 1. The molecule has 0 saturated heterocycles. The summed E-state index contributed by atoms with van der Waals surface area (Å²) < 4.78 is 5.35. The first-order valence-corrected chi connectivity index (χ1v) is 11.9. The number of rotatable bonds is 5. The number of pyridine rings is 2. The van der Waals surface area contributed by atoms with Crippen LogP contribution in [0.1, 0.15) is 31.4 Å². The van der Waals surface area contributed by atoms with Crippen LogP contribution in [-0.2, 0) is 4.74 Å². The summed E-state index contributed by atoms with van der Waals surface area (Å²) in [4.78, 5) is 41.9. The highest BCUT2D eigenvalue weighted by molar-refractivity contribution is 6.29. The Balaban J connectivity index is 1.54. The molecule has 0 unspecified atom stereocenters. The number of nitrogens with zero attached hydrogens (tertiary/aromatic N) is 3. The van der Waals surface area contributed by atoms with Gasteiger partial charge in [-0.15, -0.1) is 0 Å². The number of benzene rings is 1. The monoisotopic (exact) mass is 489 g/mol. The van der Waals surface area contributed by atoms with Gasteiger partial charge in [0, 0.05) is 22.9 Å². The Labute approximate surface area is 206 Å². The number of amides is 1. The highest BCUT2D eigenvalue weighted by Crippen LogP contribution is 2.31. The molecule has 1 amide bonds. The van der Waals surface area contributed by atoms with Crippen LogP contribution in [0, 0.1) is 12.8 Å². The molecule has 0 bridgehead atoms. The van der Waals surface area contributed by atoms with Crippen LogP contribution in [0.25, 0.3) is 33.7 Å². The lowest BCUT2D eigenvalue weighted by Crippen LogP contribution is -2.20. The average Bonchev–Trinajstić information content (AvgIpc) is 3.36. The molecule has 9 heteroatoms. The zero-order chi connectivity index (χ0) is 24.4. The molecule has 1 fully saturated rings. The van der Waals surface area contributed by atoms with Gasteiger partial charge >= 0.3 is 6.09 Å². The van der Waals surface area contributed by atoms with Crippen molar-refractivity contribution in [2.24, 2.45) is 5.92 Å². The van der Waals surface area contributed by atoms with E-state index in [0.717, 1.165) is 24.1 Å². The molecule has 1 aromatic carbocycles. The van der Waals surface area contributed by atoms with Crippen molar-refractivity contribution < 1.29 is 9.53 Å². The van der Waals surface area contributed by atoms with Gasteiger partial charge in [-0.3, -0.25) is 10.1 Å². The van der Waals surface area contributed by atoms with Gasteiger partial charge < -0.3 is 9.72 Å². The maximum atomic E-state index is 13.0. The number of ether oxygens (including phenoxy) is 1. The van der Waals surface area contributed by atoms with Crippen molar-refractivity contribution in [3.8, 4) is 22.5 Å². The van der Waals surface area contributed by atoms with Crippen molar-refractivity contribution >= 4 is 34.7 Å². The Morgan fingerprint density at radius 2 is 1.80 bits per heavy atom. The van der Waals surface area contributed by atoms with Crippen molar-refractivity contribution in [1.29, 1.82) is 0 Å². The number of aromatic amines is 1. The van der Waals surface area contributed by atoms with Crippen LogP contribution < -0.4 is 10.7 Å². The molecule has 0 aliphatic heterocycles. The summed E-state index contributed by atoms with van der Waals surface area (Å²) in [7, 11) is 0. The minimum atomic E-state index is -0.610. The second-order valence-electron chi connectivity index (χ2n) is 8.73. The van der Waals surface area contributed by atoms with Gasteiger partial charge in [0.05, 0.1) is 18.0 Å². The average molecular weight is 490 g/mol. The summed E-state index contributed by atoms with van der Waals surface area (Å²) in [5.74, 6) is 0.599. The normalized spacial score (nSPS) is 13.8. The van der Waals surface area contributed by atoms with Crippen LogP contribution in [-0.4, -0.2) is 32.6 Å². The number of aromatic nitrogens is 4. The summed E-state index contributed by atoms with van der Waals surface area (Å²) >= 11 is 6.20. The van der Waals surface area contributed by atoms with Crippen molar-refractivity contribution in [2.75, 3.05) is 11.9 Å². The zero-order valence-electron chi connectivity index (χ0n) is 19.2. The number of fused-ring (bicyclic) bond motifs is 1. The third kappa shape index (κ3) is 5.17. The number of H-pyrrole nitrogens is 1. The molecule has 0 atom stereocenters. The molecule has 1 aliphatic rings. The van der Waals surface area contributed by atoms with E-state index in [4.69, 9.17) is 21.3 Å². The molecule has 3 aromatic heterocycles. The SMILES string of the molecule is Cc1cc(-c2nc3c(=O)cc(NC(=O)OCC4CCCC4)[nH]c3nc2-c2ccccc2)cc(Cl)n1. The Bertz CT molecular complexity index is 1430. The topological polar surface area (TPSA) is 110 Å². The first-order chi connectivity index (χ1) is 17.0. The van der Waals surface area contributed by atoms with E-state index in [2.05, 4.69) is 20.3 Å². The van der Waals surface area contributed by atoms with Crippen LogP contribution in [0.4, 0.5) is 10.6 Å². The van der Waals surface area contributed by atoms with Crippen molar-refractivity contribution in [2.45, 2.75) is 32.6 Å². The van der Waals surface area contributed by atoms with Crippen molar-refractivity contribution in [3.05, 3.63) is 69.6 Å². The second kappa shape index (κ2) is 9.84. The fourth-order valence-corrected chi connectivity index (χ4v) is 4.66. The first-order valence-electron chi connectivity index (χ1n) is 11.5. The molecule has 1 saturated carbocycles. The first kappa shape index (κ1) is 23.0. The fourth-order valence-electron chi connectivity index (χ4n) is 4.40. The summed E-state index contributed by atoms with van der Waals surface area (Å²) in [6.45, 7) is 2.21. The Morgan fingerprint density at radius 3 is 2.54 bits per heavy atom. The predicted octanol–water partition coefficient (Wildman–Crippen LogP) is 5.75. The van der Waals surface area contributed by atoms with E-state index in [0.29, 0.717) is 34.6 Å². The van der Waals surface area contributed by atoms with Crippen LogP contribution in [0.2, 0.25) is 5.15 Å². The van der Waals surface area contributed by atoms with Gasteiger partial charge in [0.15, 0.2) is 11.2 Å². The Kier molecular flexibility index (Phi) is 6.46. The lowest BCUT2D eigenvalue weighted by Gasteiger charge is -2.13. The second-order valence-corrected chi connectivity index (χ2v) is 9.11. The molecule has 2 N–H and O–H groups in total. The summed E-state index contributed by atoms with van der Waals surface area (Å²) in [5, 5.41) is 2.93. The number of carbonyl (C=O) groups excluding carboxylic acids is 1. The largest absolute Gasteiger partial charge is 0.449 e. The van der Waals surface area contributed by atoms with Crippen LogP contribution in [0.3, 0.4) is 0 Å². The highest BCUT2D eigenvalue weighted by atomic mass is 35.5. The van der Waals surface area contributed by atoms with E-state index in [9.17, 15) is 9.59 Å². The van der Waals surface area contributed by atoms with E-state index in [1.165, 1.54) is 18.9 Å². The maximum absolute atomic E-state index is 13.0. The van der Waals surface area contributed by atoms with Gasteiger partial charge in [-0.25, -0.2) is 19.7 Å². The number of halogens is 1. The molecule has 3 heterocycles. The van der Waals surface area contributed by atoms with Crippen molar-refractivity contribution in [3.63, 3.8) is 0 Å². The van der Waals surface area contributed by atoms with Gasteiger partial charge in [0.2, 0.25) is 5.43 Å². The van der Waals surface area contributed by atoms with E-state index in [-0.39, 0.29) is 22.4 Å². The third-order valence-electron chi connectivity index (χ3n) is 6.06. The van der Waals surface area contributed by atoms with Crippen LogP contribution in [0.15, 0.2) is 53.3 Å². The van der Waals surface area contributed by atoms with Gasteiger partial charge in [-0.2, -0.15) is 0 Å². The lowest BCUT2D eigenvalue weighted by molar-refractivity contribution is 0.142. The van der Waals surface area contributed by atoms with Crippen LogP contribution >= 0.6 is 11.6 Å². The number of carbonyl (C=O) groups is 1. The summed E-state index contributed by atoms with van der Waals surface area (Å²) in [6, 6.07) is 14.4. The Morgan fingerprint density at radius 1 is 1.06 bits per heavy atom. The molecule has 8 nitrogen and oxygen atoms in total. The molecule has 4 aromatic rings. The number of hydrogen-bond acceptors (Lipinski definition) is 6. The van der Waals surface area contributed by atoms with Gasteiger partial charge in [-0.05, 0) is 37.8 Å². The molecule has 178 valence electrons. The predicted molar refractivity (Wildman–Crippen MR) is 136 cm³/mol. The maximum Gasteiger partial charge on any atom is 0.412 e. The molecule has 35 heavy (non-hydrogen) atoms. The number of aryl methyl sites for hydroxylation is 1. The zero-order valence-corrected chi connectivity index (χ0v) is 19.9. The number of hydrogen-bond donors (Lipinski definition) is 2. The van der Waals surface area contributed by atoms with Gasteiger partial charge in [-0.1, -0.05) is 54.8 Å². The smallest absolute Gasteiger partial charge is 0.412 e. The number of nitrogens with one attached hydrogen (secondary N) is 2. The molecular weight excluding hydrogens is 466 g/mol. The molecule has 5 rings (SSSR count). The van der Waals surface area contributed by atoms with Gasteiger partial charge in [0.1, 0.15) is 11.0 Å². The molecule has 0 radical (unpaired) electrons. The lowest BCUT2D eigenvalue weighted by atomic mass is 10.0. The van der Waals surface area contributed by atoms with E-state index >= 15 is 0 Å². The van der Waals surface area contributed by atoms with E-state index in [1.54, 1.807) is 6.07 Å². The summed E-state index contributed by atoms with van der Waals surface area (Å²) in [5.41, 5.74) is 3.34. The third-order valence-corrected chi connectivity index (χ3v) is 6.26. The van der Waals surface area contributed by atoms with E-state index < -0.39 is 6.09 Å². The highest BCUT2D eigenvalue weighted by Gasteiger charge is 2.19. The summed E-state index contributed by atoms with van der Waals surface area (Å²) in [6.07, 6.45) is 3.87. The minimum Gasteiger partial charge on any atom is -0.449 e. The standard InChI is InChI=1S/C26H24ClN5O3/c1-15-11-18(12-20(27)28-15)23-22(17-9-3-2-4-10-17)32-25-24(31-23)19(33)13-21(29-25)30-26(34)35-14-16-7-5-6-8-16/h2-4,9-13,16H,5-8,14H2,1H3,(H2,29,30,32,33,34). The Hall–Kier alpha value is -3.78. The quantitative estimate of drug-likeness (QED) is 0.345. The van der Waals surface area contributed by atoms with E-state index in [1.807, 2.05) is 43.3 Å². The molecule has 0 spiro atoms. The van der Waals surface area contributed by atoms with Gasteiger partial charge in [0.25, 0.3) is 0 Å². The molecular formula is C26H24ClN5O3.